The average molecular weight is 301 g/mol. The normalized spacial score (nSPS) is 16.8. The molecule has 1 aliphatic rings. The molecular formula is C14H20FNO3S. The SMILES string of the molecule is Cc1cc(S(=O)(=O)NCC2CCCC2)cc(CO)c1F. The van der Waals surface area contributed by atoms with Crippen LogP contribution in [-0.4, -0.2) is 20.1 Å². The lowest BCUT2D eigenvalue weighted by atomic mass is 10.1. The van der Waals surface area contributed by atoms with Crippen LogP contribution in [0.15, 0.2) is 17.0 Å². The summed E-state index contributed by atoms with van der Waals surface area (Å²) >= 11 is 0. The molecule has 1 aliphatic carbocycles. The van der Waals surface area contributed by atoms with E-state index in [9.17, 15) is 12.8 Å². The van der Waals surface area contributed by atoms with Crippen molar-refractivity contribution in [1.29, 1.82) is 0 Å². The Kier molecular flexibility index (Phi) is 4.78. The maximum Gasteiger partial charge on any atom is 0.240 e. The molecule has 0 unspecified atom stereocenters. The van der Waals surface area contributed by atoms with Crippen molar-refractivity contribution in [3.63, 3.8) is 0 Å². The highest BCUT2D eigenvalue weighted by atomic mass is 32.2. The maximum atomic E-state index is 13.6. The smallest absolute Gasteiger partial charge is 0.240 e. The standard InChI is InChI=1S/C14H20FNO3S/c1-10-6-13(7-12(9-17)14(10)15)20(18,19)16-8-11-4-2-3-5-11/h6-7,11,16-17H,2-5,8-9H2,1H3. The summed E-state index contributed by atoms with van der Waals surface area (Å²) in [6.45, 7) is 1.40. The summed E-state index contributed by atoms with van der Waals surface area (Å²) in [6, 6.07) is 2.49. The fourth-order valence-corrected chi connectivity index (χ4v) is 3.85. The minimum atomic E-state index is -3.65. The van der Waals surface area contributed by atoms with Gasteiger partial charge in [-0.2, -0.15) is 0 Å². The van der Waals surface area contributed by atoms with Gasteiger partial charge in [-0.25, -0.2) is 17.5 Å². The number of aliphatic hydroxyl groups is 1. The highest BCUT2D eigenvalue weighted by Gasteiger charge is 2.21. The number of aliphatic hydroxyl groups excluding tert-OH is 1. The number of nitrogens with one attached hydrogen (secondary N) is 1. The van der Waals surface area contributed by atoms with E-state index in [0.717, 1.165) is 25.7 Å². The van der Waals surface area contributed by atoms with Crippen LogP contribution in [0.1, 0.15) is 36.8 Å². The van der Waals surface area contributed by atoms with E-state index in [4.69, 9.17) is 5.11 Å². The van der Waals surface area contributed by atoms with Crippen LogP contribution in [-0.2, 0) is 16.6 Å². The van der Waals surface area contributed by atoms with Crippen molar-refractivity contribution >= 4 is 10.0 Å². The fourth-order valence-electron chi connectivity index (χ4n) is 2.60. The van der Waals surface area contributed by atoms with Crippen LogP contribution in [0.5, 0.6) is 0 Å². The molecule has 0 aromatic heterocycles. The number of hydrogen-bond acceptors (Lipinski definition) is 3. The van der Waals surface area contributed by atoms with Crippen molar-refractivity contribution in [3.05, 3.63) is 29.1 Å². The first kappa shape index (κ1) is 15.4. The molecule has 2 N–H and O–H groups in total. The number of rotatable bonds is 5. The number of benzene rings is 1. The lowest BCUT2D eigenvalue weighted by Crippen LogP contribution is -2.28. The summed E-state index contributed by atoms with van der Waals surface area (Å²) < 4.78 is 40.6. The molecule has 0 saturated heterocycles. The van der Waals surface area contributed by atoms with Gasteiger partial charge in [0.15, 0.2) is 0 Å². The molecular weight excluding hydrogens is 281 g/mol. The van der Waals surface area contributed by atoms with E-state index in [1.807, 2.05) is 0 Å². The molecule has 4 nitrogen and oxygen atoms in total. The lowest BCUT2D eigenvalue weighted by Gasteiger charge is -2.13. The number of sulfonamides is 1. The summed E-state index contributed by atoms with van der Waals surface area (Å²) in [4.78, 5) is 0.0125. The van der Waals surface area contributed by atoms with Crippen molar-refractivity contribution in [1.82, 2.24) is 4.72 Å². The molecule has 1 saturated carbocycles. The predicted molar refractivity (Wildman–Crippen MR) is 74.2 cm³/mol. The lowest BCUT2D eigenvalue weighted by molar-refractivity contribution is 0.275. The summed E-state index contributed by atoms with van der Waals surface area (Å²) in [5, 5.41) is 9.08. The Hall–Kier alpha value is -0.980. The van der Waals surface area contributed by atoms with Gasteiger partial charge in [-0.3, -0.25) is 0 Å². The summed E-state index contributed by atoms with van der Waals surface area (Å²) in [5.41, 5.74) is 0.226. The minimum absolute atomic E-state index is 0.00578. The van der Waals surface area contributed by atoms with Gasteiger partial charge >= 0.3 is 0 Å². The Morgan fingerprint density at radius 2 is 2.00 bits per heavy atom. The average Bonchev–Trinajstić information content (AvgIpc) is 2.92. The number of hydrogen-bond donors (Lipinski definition) is 2. The van der Waals surface area contributed by atoms with Crippen LogP contribution in [0, 0.1) is 18.7 Å². The van der Waals surface area contributed by atoms with Gasteiger partial charge in [0.25, 0.3) is 0 Å². The molecule has 1 aromatic rings. The molecule has 0 atom stereocenters. The fraction of sp³-hybridized carbons (Fsp3) is 0.571. The monoisotopic (exact) mass is 301 g/mol. The second-order valence-electron chi connectivity index (χ2n) is 5.37. The molecule has 6 heteroatoms. The van der Waals surface area contributed by atoms with Gasteiger partial charge in [-0.15, -0.1) is 0 Å². The Bertz CT molecular complexity index is 580. The maximum absolute atomic E-state index is 13.6. The van der Waals surface area contributed by atoms with Crippen LogP contribution in [0.3, 0.4) is 0 Å². The van der Waals surface area contributed by atoms with E-state index in [1.54, 1.807) is 0 Å². The summed E-state index contributed by atoms with van der Waals surface area (Å²) in [7, 11) is -3.65. The molecule has 1 aromatic carbocycles. The quantitative estimate of drug-likeness (QED) is 0.875. The van der Waals surface area contributed by atoms with Gasteiger partial charge in [0, 0.05) is 12.1 Å². The van der Waals surface area contributed by atoms with E-state index in [1.165, 1.54) is 19.1 Å². The topological polar surface area (TPSA) is 66.4 Å². The van der Waals surface area contributed by atoms with Gasteiger partial charge in [-0.05, 0) is 43.4 Å². The van der Waals surface area contributed by atoms with Crippen LogP contribution < -0.4 is 4.72 Å². The molecule has 20 heavy (non-hydrogen) atoms. The van der Waals surface area contributed by atoms with E-state index in [0.29, 0.717) is 12.5 Å². The van der Waals surface area contributed by atoms with Crippen LogP contribution >= 0.6 is 0 Å². The van der Waals surface area contributed by atoms with Gasteiger partial charge in [0.05, 0.1) is 11.5 Å². The largest absolute Gasteiger partial charge is 0.392 e. The minimum Gasteiger partial charge on any atom is -0.392 e. The first-order chi connectivity index (χ1) is 9.44. The number of aryl methyl sites for hydroxylation is 1. The highest BCUT2D eigenvalue weighted by Crippen LogP contribution is 2.25. The zero-order valence-electron chi connectivity index (χ0n) is 11.5. The predicted octanol–water partition coefficient (Wildman–Crippen LogP) is 2.09. The second kappa shape index (κ2) is 6.20. The molecule has 0 spiro atoms. The molecule has 1 fully saturated rings. The summed E-state index contributed by atoms with van der Waals surface area (Å²) in [6.07, 6.45) is 4.40. The molecule has 0 radical (unpaired) electrons. The van der Waals surface area contributed by atoms with Gasteiger partial charge < -0.3 is 5.11 Å². The Balaban J connectivity index is 2.18. The number of halogens is 1. The zero-order chi connectivity index (χ0) is 14.8. The van der Waals surface area contributed by atoms with Gasteiger partial charge in [-0.1, -0.05) is 12.8 Å². The third-order valence-corrected chi connectivity index (χ3v) is 5.22. The van der Waals surface area contributed by atoms with Crippen LogP contribution in [0.4, 0.5) is 4.39 Å². The van der Waals surface area contributed by atoms with Crippen LogP contribution in [0.2, 0.25) is 0 Å². The van der Waals surface area contributed by atoms with E-state index in [2.05, 4.69) is 4.72 Å². The Labute approximate surface area is 119 Å². The summed E-state index contributed by atoms with van der Waals surface area (Å²) in [5.74, 6) is -0.161. The third-order valence-electron chi connectivity index (χ3n) is 3.82. The van der Waals surface area contributed by atoms with Crippen molar-refractivity contribution in [2.45, 2.75) is 44.1 Å². The third kappa shape index (κ3) is 3.37. The van der Waals surface area contributed by atoms with Gasteiger partial charge in [0.2, 0.25) is 10.0 Å². The second-order valence-corrected chi connectivity index (χ2v) is 7.14. The van der Waals surface area contributed by atoms with Crippen molar-refractivity contribution in [2.24, 2.45) is 5.92 Å². The van der Waals surface area contributed by atoms with E-state index >= 15 is 0 Å². The van der Waals surface area contributed by atoms with Crippen LogP contribution in [0.25, 0.3) is 0 Å². The van der Waals surface area contributed by atoms with E-state index < -0.39 is 22.4 Å². The zero-order valence-corrected chi connectivity index (χ0v) is 12.3. The molecule has 0 amide bonds. The molecule has 0 heterocycles. The van der Waals surface area contributed by atoms with Crippen molar-refractivity contribution in [2.75, 3.05) is 6.54 Å². The molecule has 0 aliphatic heterocycles. The van der Waals surface area contributed by atoms with E-state index in [-0.39, 0.29) is 16.0 Å². The molecule has 0 bridgehead atoms. The highest BCUT2D eigenvalue weighted by molar-refractivity contribution is 7.89. The molecule has 112 valence electrons. The Morgan fingerprint density at radius 3 is 2.60 bits per heavy atom. The first-order valence-corrected chi connectivity index (χ1v) is 8.32. The van der Waals surface area contributed by atoms with Crippen molar-refractivity contribution in [3.8, 4) is 0 Å². The Morgan fingerprint density at radius 1 is 1.35 bits per heavy atom. The van der Waals surface area contributed by atoms with Crippen molar-refractivity contribution < 1.29 is 17.9 Å². The molecule has 2 rings (SSSR count). The van der Waals surface area contributed by atoms with Gasteiger partial charge in [0.1, 0.15) is 5.82 Å². The first-order valence-electron chi connectivity index (χ1n) is 6.83.